The molecular formula is C13H17N3OS. The van der Waals surface area contributed by atoms with Crippen LogP contribution in [0, 0.1) is 0 Å². The Morgan fingerprint density at radius 2 is 2.17 bits per heavy atom. The molecule has 18 heavy (non-hydrogen) atoms. The number of hydrazine groups is 1. The number of nitrogens with two attached hydrogens (primary N) is 1. The molecule has 2 aliphatic rings. The molecule has 1 unspecified atom stereocenters. The zero-order valence-corrected chi connectivity index (χ0v) is 11.0. The van der Waals surface area contributed by atoms with Gasteiger partial charge in [-0.25, -0.2) is 10.6 Å². The molecule has 3 rings (SSSR count). The van der Waals surface area contributed by atoms with Gasteiger partial charge in [0.25, 0.3) is 0 Å². The fourth-order valence-electron chi connectivity index (χ4n) is 2.58. The first-order valence-electron chi connectivity index (χ1n) is 6.30. The van der Waals surface area contributed by atoms with E-state index in [1.54, 1.807) is 0 Å². The Labute approximate surface area is 111 Å². The van der Waals surface area contributed by atoms with Crippen LogP contribution in [0.5, 0.6) is 0 Å². The molecule has 2 N–H and O–H groups in total. The molecule has 2 amide bonds. The molecule has 2 heterocycles. The summed E-state index contributed by atoms with van der Waals surface area (Å²) in [6, 6.07) is 8.46. The molecule has 5 heteroatoms. The second-order valence-electron chi connectivity index (χ2n) is 4.83. The number of thioether (sulfide) groups is 1. The van der Waals surface area contributed by atoms with Crippen molar-refractivity contribution in [3.8, 4) is 0 Å². The van der Waals surface area contributed by atoms with E-state index >= 15 is 0 Å². The van der Waals surface area contributed by atoms with E-state index in [2.05, 4.69) is 24.3 Å². The molecule has 1 atom stereocenters. The smallest absolute Gasteiger partial charge is 0.322 e. The van der Waals surface area contributed by atoms with Crippen molar-refractivity contribution >= 4 is 17.8 Å². The second-order valence-corrected chi connectivity index (χ2v) is 6.17. The standard InChI is InChI=1S/C13H17N3OS/c14-16-7-3-6-15(13(16)17)9-11-8-10-4-1-2-5-12(10)18-11/h1-2,4-5,11H,3,6-9,14H2. The predicted molar refractivity (Wildman–Crippen MR) is 72.3 cm³/mol. The van der Waals surface area contributed by atoms with Gasteiger partial charge in [0.15, 0.2) is 0 Å². The number of rotatable bonds is 2. The highest BCUT2D eigenvalue weighted by Crippen LogP contribution is 2.37. The summed E-state index contributed by atoms with van der Waals surface area (Å²) in [4.78, 5) is 15.1. The lowest BCUT2D eigenvalue weighted by molar-refractivity contribution is 0.130. The fraction of sp³-hybridized carbons (Fsp3) is 0.462. The number of hydrogen-bond acceptors (Lipinski definition) is 3. The monoisotopic (exact) mass is 263 g/mol. The Kier molecular flexibility index (Phi) is 3.18. The number of hydrogen-bond donors (Lipinski definition) is 1. The summed E-state index contributed by atoms with van der Waals surface area (Å²) < 4.78 is 0. The van der Waals surface area contributed by atoms with E-state index < -0.39 is 0 Å². The summed E-state index contributed by atoms with van der Waals surface area (Å²) in [6.45, 7) is 2.30. The number of carbonyl (C=O) groups excluding carboxylic acids is 1. The van der Waals surface area contributed by atoms with Crippen LogP contribution in [0.4, 0.5) is 4.79 Å². The maximum Gasteiger partial charge on any atom is 0.334 e. The lowest BCUT2D eigenvalue weighted by atomic mass is 10.1. The number of urea groups is 1. The minimum Gasteiger partial charge on any atom is -0.322 e. The van der Waals surface area contributed by atoms with Crippen molar-refractivity contribution in [2.24, 2.45) is 5.84 Å². The number of benzene rings is 1. The van der Waals surface area contributed by atoms with Crippen LogP contribution in [0.2, 0.25) is 0 Å². The topological polar surface area (TPSA) is 49.6 Å². The quantitative estimate of drug-likeness (QED) is 0.653. The van der Waals surface area contributed by atoms with Crippen LogP contribution in [0.25, 0.3) is 0 Å². The summed E-state index contributed by atoms with van der Waals surface area (Å²) >= 11 is 1.88. The Morgan fingerprint density at radius 1 is 1.33 bits per heavy atom. The van der Waals surface area contributed by atoms with Gasteiger partial charge in [0.2, 0.25) is 0 Å². The minimum atomic E-state index is -0.0298. The van der Waals surface area contributed by atoms with Crippen molar-refractivity contribution in [3.63, 3.8) is 0 Å². The van der Waals surface area contributed by atoms with Crippen molar-refractivity contribution in [1.82, 2.24) is 9.91 Å². The molecule has 96 valence electrons. The molecule has 0 saturated carbocycles. The molecule has 0 aromatic heterocycles. The van der Waals surface area contributed by atoms with Crippen molar-refractivity contribution < 1.29 is 4.79 Å². The zero-order valence-electron chi connectivity index (χ0n) is 10.2. The number of carbonyl (C=O) groups is 1. The Morgan fingerprint density at radius 3 is 3.00 bits per heavy atom. The van der Waals surface area contributed by atoms with E-state index in [1.165, 1.54) is 15.5 Å². The van der Waals surface area contributed by atoms with Crippen molar-refractivity contribution in [2.75, 3.05) is 19.6 Å². The van der Waals surface area contributed by atoms with Crippen molar-refractivity contribution in [1.29, 1.82) is 0 Å². The Bertz CT molecular complexity index is 440. The molecule has 4 nitrogen and oxygen atoms in total. The van der Waals surface area contributed by atoms with Crippen molar-refractivity contribution in [3.05, 3.63) is 29.8 Å². The first-order valence-corrected chi connectivity index (χ1v) is 7.18. The summed E-state index contributed by atoms with van der Waals surface area (Å²) in [5, 5.41) is 1.80. The SMILES string of the molecule is NN1CCCN(CC2Cc3ccccc3S2)C1=O. The molecule has 0 aliphatic carbocycles. The molecule has 0 spiro atoms. The lowest BCUT2D eigenvalue weighted by Gasteiger charge is -2.34. The highest BCUT2D eigenvalue weighted by molar-refractivity contribution is 8.00. The molecule has 1 aromatic carbocycles. The third-order valence-electron chi connectivity index (χ3n) is 3.48. The van der Waals surface area contributed by atoms with Gasteiger partial charge in [0.1, 0.15) is 0 Å². The fourth-order valence-corrected chi connectivity index (χ4v) is 3.91. The molecule has 1 saturated heterocycles. The van der Waals surface area contributed by atoms with Gasteiger partial charge >= 0.3 is 6.03 Å². The van der Waals surface area contributed by atoms with Crippen LogP contribution in [0.1, 0.15) is 12.0 Å². The lowest BCUT2D eigenvalue weighted by Crippen LogP contribution is -2.53. The van der Waals surface area contributed by atoms with Crippen LogP contribution in [0.15, 0.2) is 29.2 Å². The average Bonchev–Trinajstić information content (AvgIpc) is 2.77. The Hall–Kier alpha value is -1.20. The molecule has 1 aromatic rings. The van der Waals surface area contributed by atoms with Gasteiger partial charge in [0.05, 0.1) is 0 Å². The van der Waals surface area contributed by atoms with Crippen molar-refractivity contribution in [2.45, 2.75) is 23.0 Å². The minimum absolute atomic E-state index is 0.0298. The first-order chi connectivity index (χ1) is 8.74. The van der Waals surface area contributed by atoms with Crippen LogP contribution in [-0.4, -0.2) is 40.8 Å². The van der Waals surface area contributed by atoms with E-state index in [0.717, 1.165) is 25.9 Å². The summed E-state index contributed by atoms with van der Waals surface area (Å²) in [6.07, 6.45) is 2.02. The average molecular weight is 263 g/mol. The second kappa shape index (κ2) is 4.82. The zero-order chi connectivity index (χ0) is 12.5. The summed E-state index contributed by atoms with van der Waals surface area (Å²) in [5.74, 6) is 5.66. The van der Waals surface area contributed by atoms with Crippen LogP contribution in [0.3, 0.4) is 0 Å². The molecule has 0 bridgehead atoms. The van der Waals surface area contributed by atoms with Gasteiger partial charge in [-0.3, -0.25) is 5.01 Å². The molecule has 1 fully saturated rings. The van der Waals surface area contributed by atoms with E-state index in [1.807, 2.05) is 16.7 Å². The van der Waals surface area contributed by atoms with E-state index in [9.17, 15) is 4.79 Å². The number of fused-ring (bicyclic) bond motifs is 1. The normalized spacial score (nSPS) is 23.4. The van der Waals surface area contributed by atoms with Gasteiger partial charge in [0, 0.05) is 29.8 Å². The first kappa shape index (κ1) is 11.9. The van der Waals surface area contributed by atoms with Crippen LogP contribution < -0.4 is 5.84 Å². The molecular weight excluding hydrogens is 246 g/mol. The highest BCUT2D eigenvalue weighted by atomic mass is 32.2. The maximum atomic E-state index is 11.9. The highest BCUT2D eigenvalue weighted by Gasteiger charge is 2.29. The largest absolute Gasteiger partial charge is 0.334 e. The molecule has 2 aliphatic heterocycles. The number of amides is 2. The van der Waals surface area contributed by atoms with Gasteiger partial charge < -0.3 is 4.90 Å². The third kappa shape index (κ3) is 2.20. The number of nitrogens with zero attached hydrogens (tertiary/aromatic N) is 2. The van der Waals surface area contributed by atoms with Gasteiger partial charge in [-0.1, -0.05) is 18.2 Å². The van der Waals surface area contributed by atoms with E-state index in [4.69, 9.17) is 5.84 Å². The van der Waals surface area contributed by atoms with Gasteiger partial charge in [-0.2, -0.15) is 0 Å². The van der Waals surface area contributed by atoms with Gasteiger partial charge in [-0.15, -0.1) is 11.8 Å². The van der Waals surface area contributed by atoms with Crippen LogP contribution in [-0.2, 0) is 6.42 Å². The summed E-state index contributed by atoms with van der Waals surface area (Å²) in [7, 11) is 0. The van der Waals surface area contributed by atoms with Crippen LogP contribution >= 0.6 is 11.8 Å². The third-order valence-corrected chi connectivity index (χ3v) is 4.78. The predicted octanol–water partition coefficient (Wildman–Crippen LogP) is 1.70. The molecule has 0 radical (unpaired) electrons. The summed E-state index contributed by atoms with van der Waals surface area (Å²) in [5.41, 5.74) is 1.40. The van der Waals surface area contributed by atoms with Gasteiger partial charge in [-0.05, 0) is 24.5 Å². The Balaban J connectivity index is 1.64. The van der Waals surface area contributed by atoms with E-state index in [-0.39, 0.29) is 6.03 Å². The van der Waals surface area contributed by atoms with E-state index in [0.29, 0.717) is 11.8 Å². The maximum absolute atomic E-state index is 11.9.